The Morgan fingerprint density at radius 2 is 1.55 bits per heavy atom. The predicted octanol–water partition coefficient (Wildman–Crippen LogP) is 7.67. The van der Waals surface area contributed by atoms with Gasteiger partial charge in [0.05, 0.1) is 12.1 Å². The second-order valence-corrected chi connectivity index (χ2v) is 8.99. The lowest BCUT2D eigenvalue weighted by Crippen LogP contribution is -2.25. The van der Waals surface area contributed by atoms with Crippen LogP contribution < -0.4 is 4.74 Å². The summed E-state index contributed by atoms with van der Waals surface area (Å²) in [7, 11) is 0. The number of rotatable bonds is 14. The molecule has 1 saturated carbocycles. The smallest absolute Gasteiger partial charge is 0.314 e. The van der Waals surface area contributed by atoms with Gasteiger partial charge in [0.1, 0.15) is 5.75 Å². The molecule has 3 nitrogen and oxygen atoms in total. The van der Waals surface area contributed by atoms with Crippen molar-refractivity contribution in [2.24, 2.45) is 11.8 Å². The second kappa shape index (κ2) is 14.6. The van der Waals surface area contributed by atoms with Crippen molar-refractivity contribution in [1.82, 2.24) is 4.98 Å². The highest BCUT2D eigenvalue weighted by molar-refractivity contribution is 5.75. The molecule has 0 aliphatic heterocycles. The van der Waals surface area contributed by atoms with Gasteiger partial charge in [-0.2, -0.15) is 0 Å². The van der Waals surface area contributed by atoms with Gasteiger partial charge in [0.15, 0.2) is 0 Å². The van der Waals surface area contributed by atoms with Crippen molar-refractivity contribution in [2.45, 2.75) is 117 Å². The third-order valence-corrected chi connectivity index (χ3v) is 6.45. The molecule has 1 fully saturated rings. The first-order valence-electron chi connectivity index (χ1n) is 12.4. The molecule has 1 aliphatic rings. The van der Waals surface area contributed by atoms with E-state index in [1.807, 2.05) is 12.1 Å². The number of hydrogen-bond donors (Lipinski definition) is 0. The van der Waals surface area contributed by atoms with E-state index in [9.17, 15) is 4.79 Å². The largest absolute Gasteiger partial charge is 0.425 e. The minimum Gasteiger partial charge on any atom is -0.425 e. The van der Waals surface area contributed by atoms with Crippen LogP contribution >= 0.6 is 0 Å². The molecule has 2 rings (SSSR count). The van der Waals surface area contributed by atoms with Gasteiger partial charge in [0, 0.05) is 5.69 Å². The molecular weight excluding hydrogens is 358 g/mol. The molecule has 0 bridgehead atoms. The predicted molar refractivity (Wildman–Crippen MR) is 121 cm³/mol. The normalized spacial score (nSPS) is 19.2. The van der Waals surface area contributed by atoms with Crippen LogP contribution in [-0.4, -0.2) is 11.0 Å². The van der Waals surface area contributed by atoms with Gasteiger partial charge >= 0.3 is 5.97 Å². The maximum absolute atomic E-state index is 12.5. The van der Waals surface area contributed by atoms with Crippen LogP contribution in [0.5, 0.6) is 5.75 Å². The molecule has 164 valence electrons. The van der Waals surface area contributed by atoms with Crippen molar-refractivity contribution in [3.63, 3.8) is 0 Å². The summed E-state index contributed by atoms with van der Waals surface area (Å²) in [6, 6.07) is 3.92. The maximum atomic E-state index is 12.5. The number of aryl methyl sites for hydroxylation is 1. The van der Waals surface area contributed by atoms with Crippen LogP contribution in [0.3, 0.4) is 0 Å². The number of pyridine rings is 1. The molecule has 0 spiro atoms. The Hall–Kier alpha value is -1.38. The van der Waals surface area contributed by atoms with Crippen LogP contribution in [0.25, 0.3) is 0 Å². The Kier molecular flexibility index (Phi) is 12.0. The molecular formula is C26H43NO2. The van der Waals surface area contributed by atoms with Crippen LogP contribution in [0.4, 0.5) is 0 Å². The molecule has 0 N–H and O–H groups in total. The Bertz CT molecular complexity index is 546. The highest BCUT2D eigenvalue weighted by atomic mass is 16.5. The van der Waals surface area contributed by atoms with Crippen molar-refractivity contribution in [1.29, 1.82) is 0 Å². The molecule has 0 radical (unpaired) electrons. The minimum absolute atomic E-state index is 0.0551. The monoisotopic (exact) mass is 401 g/mol. The van der Waals surface area contributed by atoms with Crippen molar-refractivity contribution in [2.75, 3.05) is 0 Å². The fourth-order valence-corrected chi connectivity index (χ4v) is 4.45. The number of aromatic nitrogens is 1. The van der Waals surface area contributed by atoms with Gasteiger partial charge in [-0.15, -0.1) is 0 Å². The van der Waals surface area contributed by atoms with E-state index in [1.165, 1.54) is 83.5 Å². The number of carbonyl (C=O) groups is 1. The van der Waals surface area contributed by atoms with Gasteiger partial charge in [-0.25, -0.2) is 0 Å². The van der Waals surface area contributed by atoms with Gasteiger partial charge in [-0.05, 0) is 56.6 Å². The van der Waals surface area contributed by atoms with E-state index >= 15 is 0 Å². The topological polar surface area (TPSA) is 39.2 Å². The molecule has 1 aromatic heterocycles. The molecule has 0 atom stereocenters. The van der Waals surface area contributed by atoms with E-state index in [0.29, 0.717) is 5.75 Å². The van der Waals surface area contributed by atoms with Crippen LogP contribution in [0.2, 0.25) is 0 Å². The molecule has 3 heteroatoms. The number of carbonyl (C=O) groups excluding carboxylic acids is 1. The molecule has 29 heavy (non-hydrogen) atoms. The summed E-state index contributed by atoms with van der Waals surface area (Å²) in [5.41, 5.74) is 1.10. The zero-order valence-corrected chi connectivity index (χ0v) is 19.0. The van der Waals surface area contributed by atoms with E-state index < -0.39 is 0 Å². The number of ether oxygens (including phenoxy) is 1. The lowest BCUT2D eigenvalue weighted by atomic mass is 9.80. The van der Waals surface area contributed by atoms with Crippen molar-refractivity contribution < 1.29 is 9.53 Å². The standard InChI is InChI=1S/C26H43NO2/c1-3-5-7-9-11-13-22-15-17-23(18-16-22)26(28)29-25-20-19-24(27-21-25)14-12-10-8-6-4-2/h19-23H,3-18H2,1-2H3. The van der Waals surface area contributed by atoms with E-state index in [4.69, 9.17) is 4.74 Å². The first-order valence-corrected chi connectivity index (χ1v) is 12.4. The summed E-state index contributed by atoms with van der Waals surface area (Å²) >= 11 is 0. The summed E-state index contributed by atoms with van der Waals surface area (Å²) in [6.45, 7) is 4.50. The fraction of sp³-hybridized carbons (Fsp3) is 0.769. The molecule has 0 saturated heterocycles. The average molecular weight is 402 g/mol. The number of unbranched alkanes of at least 4 members (excludes halogenated alkanes) is 8. The third-order valence-electron chi connectivity index (χ3n) is 6.45. The minimum atomic E-state index is -0.0551. The Morgan fingerprint density at radius 1 is 0.897 bits per heavy atom. The van der Waals surface area contributed by atoms with E-state index in [-0.39, 0.29) is 11.9 Å². The maximum Gasteiger partial charge on any atom is 0.314 e. The van der Waals surface area contributed by atoms with Crippen molar-refractivity contribution >= 4 is 5.97 Å². The SMILES string of the molecule is CCCCCCCc1ccc(OC(=O)C2CCC(CCCCCCC)CC2)cn1. The van der Waals surface area contributed by atoms with Crippen LogP contribution in [0.15, 0.2) is 18.3 Å². The van der Waals surface area contributed by atoms with Gasteiger partial charge in [0.2, 0.25) is 0 Å². The van der Waals surface area contributed by atoms with Crippen LogP contribution in [-0.2, 0) is 11.2 Å². The summed E-state index contributed by atoms with van der Waals surface area (Å²) in [5.74, 6) is 1.44. The zero-order chi connectivity index (χ0) is 20.7. The Labute approximate surface area is 179 Å². The molecule has 1 aromatic rings. The summed E-state index contributed by atoms with van der Waals surface area (Å²) in [6.07, 6.45) is 21.6. The van der Waals surface area contributed by atoms with Crippen LogP contribution in [0.1, 0.15) is 116 Å². The first kappa shape index (κ1) is 23.9. The zero-order valence-electron chi connectivity index (χ0n) is 19.0. The summed E-state index contributed by atoms with van der Waals surface area (Å²) in [4.78, 5) is 17.0. The highest BCUT2D eigenvalue weighted by Gasteiger charge is 2.27. The summed E-state index contributed by atoms with van der Waals surface area (Å²) < 4.78 is 5.63. The van der Waals surface area contributed by atoms with Gasteiger partial charge < -0.3 is 4.74 Å². The molecule has 0 aromatic carbocycles. The lowest BCUT2D eigenvalue weighted by Gasteiger charge is -2.27. The lowest BCUT2D eigenvalue weighted by molar-refractivity contribution is -0.140. The number of hydrogen-bond acceptors (Lipinski definition) is 3. The van der Waals surface area contributed by atoms with Crippen molar-refractivity contribution in [3.05, 3.63) is 24.0 Å². The van der Waals surface area contributed by atoms with Crippen molar-refractivity contribution in [3.8, 4) is 5.75 Å². The molecule has 1 aliphatic carbocycles. The van der Waals surface area contributed by atoms with E-state index in [0.717, 1.165) is 30.9 Å². The molecule has 0 amide bonds. The number of esters is 1. The number of nitrogens with zero attached hydrogens (tertiary/aromatic N) is 1. The average Bonchev–Trinajstić information content (AvgIpc) is 2.75. The molecule has 0 unspecified atom stereocenters. The van der Waals surface area contributed by atoms with Gasteiger partial charge in [-0.3, -0.25) is 9.78 Å². The first-order chi connectivity index (χ1) is 14.2. The van der Waals surface area contributed by atoms with E-state index in [1.54, 1.807) is 6.20 Å². The third kappa shape index (κ3) is 9.78. The highest BCUT2D eigenvalue weighted by Crippen LogP contribution is 2.33. The second-order valence-electron chi connectivity index (χ2n) is 8.99. The Morgan fingerprint density at radius 3 is 2.17 bits per heavy atom. The molecule has 1 heterocycles. The fourth-order valence-electron chi connectivity index (χ4n) is 4.45. The Balaban J connectivity index is 1.62. The van der Waals surface area contributed by atoms with Gasteiger partial charge in [-0.1, -0.05) is 78.1 Å². The van der Waals surface area contributed by atoms with E-state index in [2.05, 4.69) is 18.8 Å². The quantitative estimate of drug-likeness (QED) is 0.237. The van der Waals surface area contributed by atoms with Gasteiger partial charge in [0.25, 0.3) is 0 Å². The summed E-state index contributed by atoms with van der Waals surface area (Å²) in [5, 5.41) is 0. The van der Waals surface area contributed by atoms with Crippen LogP contribution in [0, 0.1) is 11.8 Å².